The summed E-state index contributed by atoms with van der Waals surface area (Å²) in [5, 5.41) is 9.06. The smallest absolute Gasteiger partial charge is 0.264 e. The Morgan fingerprint density at radius 1 is 1.18 bits per heavy atom. The van der Waals surface area contributed by atoms with Crippen molar-refractivity contribution in [2.75, 3.05) is 19.0 Å². The number of amides is 1. The predicted molar refractivity (Wildman–Crippen MR) is 108 cm³/mol. The molecule has 0 atom stereocenters. The van der Waals surface area contributed by atoms with Crippen molar-refractivity contribution in [3.63, 3.8) is 0 Å². The number of nitrogens with zero attached hydrogens (tertiary/aromatic N) is 3. The van der Waals surface area contributed by atoms with E-state index in [-0.39, 0.29) is 18.5 Å². The Bertz CT molecular complexity index is 1120. The number of rotatable bonds is 6. The summed E-state index contributed by atoms with van der Waals surface area (Å²) in [5.74, 6) is 1.40. The molecule has 0 saturated heterocycles. The highest BCUT2D eigenvalue weighted by molar-refractivity contribution is 7.15. The number of carbonyl (C=O) groups is 1. The van der Waals surface area contributed by atoms with Crippen LogP contribution in [0.25, 0.3) is 16.2 Å². The van der Waals surface area contributed by atoms with Crippen LogP contribution in [0.4, 0.5) is 5.95 Å². The van der Waals surface area contributed by atoms with Gasteiger partial charge in [-0.25, -0.2) is 4.52 Å². The molecule has 0 fully saturated rings. The van der Waals surface area contributed by atoms with Crippen molar-refractivity contribution in [3.05, 3.63) is 59.5 Å². The Labute approximate surface area is 165 Å². The number of anilines is 1. The van der Waals surface area contributed by atoms with E-state index >= 15 is 0 Å². The number of ether oxygens (including phenoxy) is 2. The Balaban J connectivity index is 1.47. The molecule has 2 heterocycles. The number of aromatic nitrogens is 3. The fraction of sp³-hybridized carbons (Fsp3) is 0.150. The summed E-state index contributed by atoms with van der Waals surface area (Å²) in [4.78, 5) is 17.2. The number of hydrogen-bond donors (Lipinski definition) is 1. The van der Waals surface area contributed by atoms with Gasteiger partial charge in [-0.2, -0.15) is 4.98 Å². The molecule has 0 aliphatic carbocycles. The van der Waals surface area contributed by atoms with Gasteiger partial charge in [-0.15, -0.1) is 16.4 Å². The summed E-state index contributed by atoms with van der Waals surface area (Å²) < 4.78 is 12.5. The molecule has 0 unspecified atom stereocenters. The Hall–Kier alpha value is -3.39. The number of hydrogen-bond acceptors (Lipinski definition) is 6. The fourth-order valence-corrected chi connectivity index (χ4v) is 3.55. The van der Waals surface area contributed by atoms with E-state index in [1.54, 1.807) is 11.6 Å². The van der Waals surface area contributed by atoms with Gasteiger partial charge in [0.2, 0.25) is 4.96 Å². The van der Waals surface area contributed by atoms with Crippen LogP contribution in [0.1, 0.15) is 5.56 Å². The molecule has 1 amide bonds. The quantitative estimate of drug-likeness (QED) is 0.538. The lowest BCUT2D eigenvalue weighted by Gasteiger charge is -2.07. The van der Waals surface area contributed by atoms with Crippen LogP contribution in [-0.2, 0) is 4.79 Å². The summed E-state index contributed by atoms with van der Waals surface area (Å²) in [7, 11) is 1.63. The normalized spacial score (nSPS) is 10.8. The summed E-state index contributed by atoms with van der Waals surface area (Å²) in [5.41, 5.74) is 2.85. The standard InChI is InChI=1S/C20H18N4O3S/c1-13-5-3-4-6-17(13)27-11-18(25)21-19-22-20-24(23-19)16(12-28-20)14-7-9-15(26-2)10-8-14/h3-10,12H,11H2,1-2H3,(H,21,23,25). The molecule has 8 heteroatoms. The average Bonchev–Trinajstić information content (AvgIpc) is 3.27. The minimum atomic E-state index is -0.312. The Kier molecular flexibility index (Phi) is 4.94. The van der Waals surface area contributed by atoms with Crippen molar-refractivity contribution in [3.8, 4) is 22.8 Å². The highest BCUT2D eigenvalue weighted by Crippen LogP contribution is 2.27. The lowest BCUT2D eigenvalue weighted by molar-refractivity contribution is -0.118. The van der Waals surface area contributed by atoms with Gasteiger partial charge in [0.1, 0.15) is 11.5 Å². The number of aryl methyl sites for hydroxylation is 1. The molecule has 0 bridgehead atoms. The van der Waals surface area contributed by atoms with Crippen LogP contribution in [0.3, 0.4) is 0 Å². The molecule has 0 radical (unpaired) electrons. The van der Waals surface area contributed by atoms with E-state index in [0.717, 1.165) is 22.6 Å². The average molecular weight is 394 g/mol. The molecular formula is C20H18N4O3S. The predicted octanol–water partition coefficient (Wildman–Crippen LogP) is 3.79. The zero-order valence-corrected chi connectivity index (χ0v) is 16.2. The first-order valence-corrected chi connectivity index (χ1v) is 9.49. The molecule has 142 valence electrons. The third-order valence-corrected chi connectivity index (χ3v) is 4.99. The topological polar surface area (TPSA) is 77.8 Å². The molecule has 4 rings (SSSR count). The second kappa shape index (κ2) is 7.69. The van der Waals surface area contributed by atoms with Crippen molar-refractivity contribution in [1.82, 2.24) is 14.6 Å². The fourth-order valence-electron chi connectivity index (χ4n) is 2.72. The summed E-state index contributed by atoms with van der Waals surface area (Å²) in [6.07, 6.45) is 0. The molecular weight excluding hydrogens is 376 g/mol. The first-order valence-electron chi connectivity index (χ1n) is 8.61. The molecule has 1 N–H and O–H groups in total. The van der Waals surface area contributed by atoms with E-state index in [0.29, 0.717) is 10.7 Å². The van der Waals surface area contributed by atoms with Gasteiger partial charge in [0.05, 0.1) is 12.8 Å². The Morgan fingerprint density at radius 3 is 2.71 bits per heavy atom. The Morgan fingerprint density at radius 2 is 1.96 bits per heavy atom. The van der Waals surface area contributed by atoms with Crippen LogP contribution in [0.15, 0.2) is 53.9 Å². The number of methoxy groups -OCH3 is 1. The minimum absolute atomic E-state index is 0.108. The molecule has 28 heavy (non-hydrogen) atoms. The highest BCUT2D eigenvalue weighted by Gasteiger charge is 2.14. The van der Waals surface area contributed by atoms with Crippen LogP contribution in [-0.4, -0.2) is 34.2 Å². The van der Waals surface area contributed by atoms with E-state index in [4.69, 9.17) is 9.47 Å². The van der Waals surface area contributed by atoms with Gasteiger partial charge in [-0.1, -0.05) is 18.2 Å². The molecule has 2 aromatic heterocycles. The molecule has 2 aromatic carbocycles. The van der Waals surface area contributed by atoms with Gasteiger partial charge in [-0.3, -0.25) is 10.1 Å². The van der Waals surface area contributed by atoms with Gasteiger partial charge in [0, 0.05) is 10.9 Å². The van der Waals surface area contributed by atoms with E-state index in [9.17, 15) is 4.79 Å². The number of nitrogens with one attached hydrogen (secondary N) is 1. The monoisotopic (exact) mass is 394 g/mol. The molecule has 0 spiro atoms. The van der Waals surface area contributed by atoms with E-state index < -0.39 is 0 Å². The van der Waals surface area contributed by atoms with Crippen molar-refractivity contribution in [1.29, 1.82) is 0 Å². The van der Waals surface area contributed by atoms with Crippen molar-refractivity contribution in [2.24, 2.45) is 0 Å². The molecule has 4 aromatic rings. The SMILES string of the molecule is COc1ccc(-c2csc3nc(NC(=O)COc4ccccc4C)nn23)cc1. The lowest BCUT2D eigenvalue weighted by Crippen LogP contribution is -2.21. The number of fused-ring (bicyclic) bond motifs is 1. The van der Waals surface area contributed by atoms with Crippen LogP contribution in [0.2, 0.25) is 0 Å². The largest absolute Gasteiger partial charge is 0.497 e. The van der Waals surface area contributed by atoms with Crippen molar-refractivity contribution in [2.45, 2.75) is 6.92 Å². The van der Waals surface area contributed by atoms with E-state index in [2.05, 4.69) is 15.4 Å². The van der Waals surface area contributed by atoms with Gasteiger partial charge in [0.15, 0.2) is 6.61 Å². The highest BCUT2D eigenvalue weighted by atomic mass is 32.1. The number of benzene rings is 2. The molecule has 0 saturated carbocycles. The number of para-hydroxylation sites is 1. The van der Waals surface area contributed by atoms with Crippen LogP contribution < -0.4 is 14.8 Å². The van der Waals surface area contributed by atoms with Crippen LogP contribution in [0.5, 0.6) is 11.5 Å². The second-order valence-corrected chi connectivity index (χ2v) is 6.92. The van der Waals surface area contributed by atoms with Gasteiger partial charge >= 0.3 is 0 Å². The van der Waals surface area contributed by atoms with Gasteiger partial charge < -0.3 is 9.47 Å². The maximum atomic E-state index is 12.2. The van der Waals surface area contributed by atoms with Gasteiger partial charge in [0.25, 0.3) is 11.9 Å². The van der Waals surface area contributed by atoms with Crippen LogP contribution in [0, 0.1) is 6.92 Å². The van der Waals surface area contributed by atoms with E-state index in [1.807, 2.05) is 60.8 Å². The van der Waals surface area contributed by atoms with E-state index in [1.165, 1.54) is 11.3 Å². The maximum absolute atomic E-state index is 12.2. The van der Waals surface area contributed by atoms with Crippen molar-refractivity contribution >= 4 is 28.2 Å². The minimum Gasteiger partial charge on any atom is -0.497 e. The molecule has 0 aliphatic rings. The summed E-state index contributed by atoms with van der Waals surface area (Å²) >= 11 is 1.45. The molecule has 7 nitrogen and oxygen atoms in total. The summed E-state index contributed by atoms with van der Waals surface area (Å²) in [6.45, 7) is 1.82. The van der Waals surface area contributed by atoms with Crippen molar-refractivity contribution < 1.29 is 14.3 Å². The zero-order valence-electron chi connectivity index (χ0n) is 15.4. The number of carbonyl (C=O) groups excluding carboxylic acids is 1. The first kappa shape index (κ1) is 18.0. The van der Waals surface area contributed by atoms with Crippen LogP contribution >= 0.6 is 11.3 Å². The summed E-state index contributed by atoms with van der Waals surface area (Å²) in [6, 6.07) is 15.2. The first-order chi connectivity index (χ1) is 13.6. The molecule has 0 aliphatic heterocycles. The lowest BCUT2D eigenvalue weighted by atomic mass is 10.2. The number of thiazole rings is 1. The third-order valence-electron chi connectivity index (χ3n) is 4.17. The maximum Gasteiger partial charge on any atom is 0.264 e. The second-order valence-electron chi connectivity index (χ2n) is 6.08. The zero-order chi connectivity index (χ0) is 19.5. The third kappa shape index (κ3) is 3.67. The van der Waals surface area contributed by atoms with Gasteiger partial charge in [-0.05, 0) is 42.8 Å².